The van der Waals surface area contributed by atoms with Gasteiger partial charge in [0, 0.05) is 19.2 Å². The topological polar surface area (TPSA) is 102 Å². The molecule has 0 aliphatic carbocycles. The Labute approximate surface area is 158 Å². The van der Waals surface area contributed by atoms with Crippen molar-refractivity contribution >= 4 is 23.3 Å². The Hall–Kier alpha value is -2.85. The van der Waals surface area contributed by atoms with E-state index in [0.29, 0.717) is 31.1 Å². The van der Waals surface area contributed by atoms with Crippen LogP contribution in [0.2, 0.25) is 0 Å². The second kappa shape index (κ2) is 8.89. The Kier molecular flexibility index (Phi) is 6.81. The zero-order chi connectivity index (χ0) is 20.9. The third-order valence-electron chi connectivity index (χ3n) is 4.31. The zero-order valence-electron chi connectivity index (χ0n) is 15.1. The lowest BCUT2D eigenvalue weighted by molar-refractivity contribution is -0.384. The molecule has 1 saturated heterocycles. The molecular formula is C17H20F3N3O5. The van der Waals surface area contributed by atoms with Gasteiger partial charge in [-0.15, -0.1) is 0 Å². The van der Waals surface area contributed by atoms with Crippen molar-refractivity contribution in [2.24, 2.45) is 5.92 Å². The largest absolute Gasteiger partial charge is 0.454 e. The maximum absolute atomic E-state index is 12.7. The molecule has 0 bridgehead atoms. The van der Waals surface area contributed by atoms with Crippen LogP contribution in [0.4, 0.5) is 24.5 Å². The van der Waals surface area contributed by atoms with Crippen molar-refractivity contribution in [3.8, 4) is 0 Å². The molecule has 1 fully saturated rings. The van der Waals surface area contributed by atoms with Crippen LogP contribution in [0.15, 0.2) is 18.2 Å². The van der Waals surface area contributed by atoms with Crippen LogP contribution >= 0.6 is 0 Å². The summed E-state index contributed by atoms with van der Waals surface area (Å²) in [4.78, 5) is 35.4. The number of nitro benzene ring substituents is 1. The van der Waals surface area contributed by atoms with Crippen molar-refractivity contribution in [1.29, 1.82) is 0 Å². The molecule has 0 unspecified atom stereocenters. The van der Waals surface area contributed by atoms with E-state index in [4.69, 9.17) is 4.74 Å². The third-order valence-corrected chi connectivity index (χ3v) is 4.31. The summed E-state index contributed by atoms with van der Waals surface area (Å²) in [5.74, 6) is -0.816. The number of piperidine rings is 1. The van der Waals surface area contributed by atoms with Crippen LogP contribution in [0.5, 0.6) is 0 Å². The molecule has 1 amide bonds. The maximum Gasteiger partial charge on any atom is 0.416 e. The summed E-state index contributed by atoms with van der Waals surface area (Å²) in [5, 5.41) is 13.4. The first kappa shape index (κ1) is 21.5. The number of carbonyl (C=O) groups excluding carboxylic acids is 2. The molecule has 1 aromatic carbocycles. The molecule has 2 rings (SSSR count). The van der Waals surface area contributed by atoms with E-state index < -0.39 is 41.5 Å². The SMILES string of the molecule is C[C@@H]1CCCN(C(=O)COC(=O)CNc2ccc(C(F)(F)F)cc2[N+](=O)[O-])C1. The van der Waals surface area contributed by atoms with Crippen LogP contribution in [0.1, 0.15) is 25.3 Å². The monoisotopic (exact) mass is 403 g/mol. The summed E-state index contributed by atoms with van der Waals surface area (Å²) in [7, 11) is 0. The van der Waals surface area contributed by atoms with Crippen LogP contribution in [0.25, 0.3) is 0 Å². The highest BCUT2D eigenvalue weighted by molar-refractivity contribution is 5.82. The Morgan fingerprint density at radius 3 is 2.71 bits per heavy atom. The number of esters is 1. The van der Waals surface area contributed by atoms with Gasteiger partial charge in [-0.25, -0.2) is 0 Å². The fourth-order valence-electron chi connectivity index (χ4n) is 2.88. The summed E-state index contributed by atoms with van der Waals surface area (Å²) in [6.07, 6.45) is -2.83. The van der Waals surface area contributed by atoms with E-state index in [0.717, 1.165) is 18.9 Å². The molecule has 1 aliphatic heterocycles. The first-order valence-corrected chi connectivity index (χ1v) is 8.61. The van der Waals surface area contributed by atoms with Gasteiger partial charge in [0.05, 0.1) is 10.5 Å². The molecule has 1 aromatic rings. The molecule has 8 nitrogen and oxygen atoms in total. The van der Waals surface area contributed by atoms with Gasteiger partial charge in [0.15, 0.2) is 6.61 Å². The molecule has 0 spiro atoms. The van der Waals surface area contributed by atoms with Gasteiger partial charge in [-0.1, -0.05) is 6.92 Å². The van der Waals surface area contributed by atoms with Gasteiger partial charge >= 0.3 is 12.1 Å². The number of likely N-dealkylation sites (tertiary alicyclic amines) is 1. The highest BCUT2D eigenvalue weighted by Crippen LogP contribution is 2.34. The second-order valence-electron chi connectivity index (χ2n) is 6.59. The predicted octanol–water partition coefficient (Wildman–Crippen LogP) is 2.83. The van der Waals surface area contributed by atoms with Crippen LogP contribution in [-0.2, 0) is 20.5 Å². The smallest absolute Gasteiger partial charge is 0.416 e. The maximum atomic E-state index is 12.7. The number of nitro groups is 1. The average molecular weight is 403 g/mol. The fraction of sp³-hybridized carbons (Fsp3) is 0.529. The van der Waals surface area contributed by atoms with Crippen LogP contribution in [0, 0.1) is 16.0 Å². The van der Waals surface area contributed by atoms with E-state index in [-0.39, 0.29) is 11.6 Å². The van der Waals surface area contributed by atoms with Gasteiger partial charge in [-0.3, -0.25) is 19.7 Å². The highest BCUT2D eigenvalue weighted by Gasteiger charge is 2.33. The van der Waals surface area contributed by atoms with E-state index in [9.17, 15) is 32.9 Å². The number of ether oxygens (including phenoxy) is 1. The first-order chi connectivity index (χ1) is 13.1. The Balaban J connectivity index is 1.90. The van der Waals surface area contributed by atoms with Gasteiger partial charge in [-0.2, -0.15) is 13.2 Å². The van der Waals surface area contributed by atoms with Crippen molar-refractivity contribution < 1.29 is 32.4 Å². The number of hydrogen-bond donors (Lipinski definition) is 1. The number of hydrogen-bond acceptors (Lipinski definition) is 6. The lowest BCUT2D eigenvalue weighted by Gasteiger charge is -2.30. The van der Waals surface area contributed by atoms with Gasteiger partial charge < -0.3 is 15.0 Å². The summed E-state index contributed by atoms with van der Waals surface area (Å²) >= 11 is 0. The second-order valence-corrected chi connectivity index (χ2v) is 6.59. The molecule has 1 aliphatic rings. The van der Waals surface area contributed by atoms with Crippen molar-refractivity contribution in [3.63, 3.8) is 0 Å². The quantitative estimate of drug-likeness (QED) is 0.445. The minimum absolute atomic E-state index is 0.258. The Morgan fingerprint density at radius 1 is 1.39 bits per heavy atom. The van der Waals surface area contributed by atoms with Gasteiger partial charge in [0.2, 0.25) is 0 Å². The number of carbonyl (C=O) groups is 2. The molecular weight excluding hydrogens is 383 g/mol. The molecule has 11 heteroatoms. The Morgan fingerprint density at radius 2 is 2.11 bits per heavy atom. The fourth-order valence-corrected chi connectivity index (χ4v) is 2.88. The van der Waals surface area contributed by atoms with Crippen LogP contribution in [-0.4, -0.2) is 47.9 Å². The molecule has 1 atom stereocenters. The molecule has 0 aromatic heterocycles. The zero-order valence-corrected chi connectivity index (χ0v) is 15.1. The number of nitrogens with zero attached hydrogens (tertiary/aromatic N) is 2. The van der Waals surface area contributed by atoms with Crippen LogP contribution < -0.4 is 5.32 Å². The average Bonchev–Trinajstić information content (AvgIpc) is 2.63. The highest BCUT2D eigenvalue weighted by atomic mass is 19.4. The normalized spacial score (nSPS) is 17.1. The molecule has 1 heterocycles. The van der Waals surface area contributed by atoms with Crippen molar-refractivity contribution in [2.75, 3.05) is 31.6 Å². The lowest BCUT2D eigenvalue weighted by atomic mass is 10.0. The van der Waals surface area contributed by atoms with E-state index in [1.807, 2.05) is 6.92 Å². The summed E-state index contributed by atoms with van der Waals surface area (Å²) in [5.41, 5.74) is -2.25. The molecule has 0 saturated carbocycles. The van der Waals surface area contributed by atoms with E-state index >= 15 is 0 Å². The number of halogens is 3. The van der Waals surface area contributed by atoms with Crippen molar-refractivity contribution in [1.82, 2.24) is 4.90 Å². The first-order valence-electron chi connectivity index (χ1n) is 8.61. The number of amides is 1. The van der Waals surface area contributed by atoms with Gasteiger partial charge in [0.25, 0.3) is 11.6 Å². The number of rotatable bonds is 6. The number of benzene rings is 1. The van der Waals surface area contributed by atoms with E-state index in [2.05, 4.69) is 5.32 Å². The minimum atomic E-state index is -4.73. The predicted molar refractivity (Wildman–Crippen MR) is 92.5 cm³/mol. The van der Waals surface area contributed by atoms with Crippen LogP contribution in [0.3, 0.4) is 0 Å². The molecule has 154 valence electrons. The van der Waals surface area contributed by atoms with Gasteiger partial charge in [-0.05, 0) is 30.9 Å². The standard InChI is InChI=1S/C17H20F3N3O5/c1-11-3-2-6-22(9-11)15(24)10-28-16(25)8-21-13-5-4-12(17(18,19)20)7-14(13)23(26)27/h4-5,7,11,21H,2-3,6,8-10H2,1H3/t11-/m1/s1. The third kappa shape index (κ3) is 5.83. The molecule has 0 radical (unpaired) electrons. The summed E-state index contributed by atoms with van der Waals surface area (Å²) < 4.78 is 42.9. The molecule has 1 N–H and O–H groups in total. The number of anilines is 1. The summed E-state index contributed by atoms with van der Waals surface area (Å²) in [6.45, 7) is 2.22. The van der Waals surface area contributed by atoms with Crippen molar-refractivity contribution in [2.45, 2.75) is 25.9 Å². The van der Waals surface area contributed by atoms with Gasteiger partial charge in [0.1, 0.15) is 12.2 Å². The van der Waals surface area contributed by atoms with Crippen molar-refractivity contribution in [3.05, 3.63) is 33.9 Å². The number of alkyl halides is 3. The van der Waals surface area contributed by atoms with E-state index in [1.165, 1.54) is 0 Å². The molecule has 28 heavy (non-hydrogen) atoms. The lowest BCUT2D eigenvalue weighted by Crippen LogP contribution is -2.41. The Bertz CT molecular complexity index is 754. The number of nitrogens with one attached hydrogen (secondary N) is 1. The summed E-state index contributed by atoms with van der Waals surface area (Å²) in [6, 6.07) is 1.92. The van der Waals surface area contributed by atoms with E-state index in [1.54, 1.807) is 4.90 Å². The minimum Gasteiger partial charge on any atom is -0.454 e.